The molecule has 1 aromatic carbocycles. The second-order valence-corrected chi connectivity index (χ2v) is 6.61. The van der Waals surface area contributed by atoms with E-state index in [9.17, 15) is 0 Å². The molecule has 2 unspecified atom stereocenters. The first-order valence-electron chi connectivity index (χ1n) is 6.21. The topological polar surface area (TPSA) is 12.0 Å². The largest absolute Gasteiger partial charge is 0.310 e. The maximum absolute atomic E-state index is 3.68. The van der Waals surface area contributed by atoms with Gasteiger partial charge in [-0.05, 0) is 49.5 Å². The lowest BCUT2D eigenvalue weighted by Gasteiger charge is -2.12. The van der Waals surface area contributed by atoms with E-state index in [1.807, 2.05) is 11.8 Å². The molecule has 0 aliphatic heterocycles. The van der Waals surface area contributed by atoms with Crippen LogP contribution in [-0.2, 0) is 6.54 Å². The van der Waals surface area contributed by atoms with E-state index in [-0.39, 0.29) is 0 Å². The van der Waals surface area contributed by atoms with Crippen LogP contribution in [0.15, 0.2) is 29.2 Å². The van der Waals surface area contributed by atoms with Gasteiger partial charge in [0.1, 0.15) is 0 Å². The van der Waals surface area contributed by atoms with Gasteiger partial charge in [-0.25, -0.2) is 0 Å². The number of rotatable bonds is 5. The Balaban J connectivity index is 1.78. The summed E-state index contributed by atoms with van der Waals surface area (Å²) in [5.74, 6) is 0. The van der Waals surface area contributed by atoms with Crippen LogP contribution in [-0.4, -0.2) is 23.8 Å². The van der Waals surface area contributed by atoms with Gasteiger partial charge in [-0.3, -0.25) is 0 Å². The molecule has 1 saturated carbocycles. The summed E-state index contributed by atoms with van der Waals surface area (Å²) in [7, 11) is 0. The van der Waals surface area contributed by atoms with E-state index in [2.05, 4.69) is 42.1 Å². The highest BCUT2D eigenvalue weighted by Gasteiger charge is 2.22. The molecule has 1 aliphatic rings. The lowest BCUT2D eigenvalue weighted by molar-refractivity contribution is 0.525. The predicted octanol–water partition coefficient (Wildman–Crippen LogP) is 3.78. The molecule has 0 bridgehead atoms. The van der Waals surface area contributed by atoms with Gasteiger partial charge >= 0.3 is 0 Å². The van der Waals surface area contributed by atoms with Gasteiger partial charge < -0.3 is 5.32 Å². The van der Waals surface area contributed by atoms with Crippen molar-refractivity contribution in [3.05, 3.63) is 29.8 Å². The average molecular weight is 267 g/mol. The van der Waals surface area contributed by atoms with Crippen molar-refractivity contribution in [1.29, 1.82) is 0 Å². The summed E-state index contributed by atoms with van der Waals surface area (Å²) in [6.07, 6.45) is 8.41. The number of hydrogen-bond donors (Lipinski definition) is 1. The molecule has 1 fully saturated rings. The molecule has 1 nitrogen and oxygen atoms in total. The van der Waals surface area contributed by atoms with E-state index in [4.69, 9.17) is 0 Å². The van der Waals surface area contributed by atoms with Crippen molar-refractivity contribution >= 4 is 23.5 Å². The minimum Gasteiger partial charge on any atom is -0.310 e. The van der Waals surface area contributed by atoms with Gasteiger partial charge in [0.25, 0.3) is 0 Å². The smallest absolute Gasteiger partial charge is 0.0208 e. The van der Waals surface area contributed by atoms with Crippen LogP contribution in [0.3, 0.4) is 0 Å². The van der Waals surface area contributed by atoms with Crippen LogP contribution in [0.1, 0.15) is 24.8 Å². The number of benzene rings is 1. The van der Waals surface area contributed by atoms with Crippen LogP contribution in [0, 0.1) is 0 Å². The Morgan fingerprint density at radius 1 is 1.18 bits per heavy atom. The molecule has 2 rings (SSSR count). The van der Waals surface area contributed by atoms with E-state index in [1.54, 1.807) is 11.8 Å². The van der Waals surface area contributed by atoms with Gasteiger partial charge in [0.2, 0.25) is 0 Å². The summed E-state index contributed by atoms with van der Waals surface area (Å²) in [5.41, 5.74) is 1.40. The third-order valence-corrected chi connectivity index (χ3v) is 5.31. The zero-order valence-corrected chi connectivity index (χ0v) is 12.2. The molecule has 1 N–H and O–H groups in total. The predicted molar refractivity (Wildman–Crippen MR) is 80.0 cm³/mol. The molecule has 1 aromatic rings. The highest BCUT2D eigenvalue weighted by molar-refractivity contribution is 7.99. The Morgan fingerprint density at radius 2 is 1.94 bits per heavy atom. The second kappa shape index (κ2) is 6.72. The van der Waals surface area contributed by atoms with E-state index in [0.717, 1.165) is 17.8 Å². The molecule has 2 atom stereocenters. The van der Waals surface area contributed by atoms with E-state index in [0.29, 0.717) is 0 Å². The minimum absolute atomic E-state index is 0.729. The lowest BCUT2D eigenvalue weighted by Crippen LogP contribution is -2.26. The van der Waals surface area contributed by atoms with Crippen molar-refractivity contribution in [2.45, 2.75) is 42.0 Å². The van der Waals surface area contributed by atoms with Crippen LogP contribution in [0.2, 0.25) is 0 Å². The first-order chi connectivity index (χ1) is 8.31. The van der Waals surface area contributed by atoms with Gasteiger partial charge in [0, 0.05) is 22.7 Å². The fourth-order valence-corrected chi connectivity index (χ4v) is 3.55. The Hall–Kier alpha value is -0.120. The fourth-order valence-electron chi connectivity index (χ4n) is 2.35. The summed E-state index contributed by atoms with van der Waals surface area (Å²) in [6.45, 7) is 1.01. The first kappa shape index (κ1) is 13.3. The van der Waals surface area contributed by atoms with Crippen molar-refractivity contribution < 1.29 is 0 Å². The number of nitrogens with one attached hydrogen (secondary N) is 1. The highest BCUT2D eigenvalue weighted by atomic mass is 32.2. The van der Waals surface area contributed by atoms with Crippen LogP contribution in [0.4, 0.5) is 0 Å². The van der Waals surface area contributed by atoms with Crippen molar-refractivity contribution in [2.24, 2.45) is 0 Å². The molecule has 94 valence electrons. The number of hydrogen-bond acceptors (Lipinski definition) is 3. The van der Waals surface area contributed by atoms with Crippen molar-refractivity contribution in [3.8, 4) is 0 Å². The molecule has 1 aliphatic carbocycles. The van der Waals surface area contributed by atoms with Crippen LogP contribution < -0.4 is 5.32 Å². The molecule has 0 amide bonds. The zero-order valence-electron chi connectivity index (χ0n) is 10.6. The minimum atomic E-state index is 0.729. The molecule has 0 radical (unpaired) electrons. The van der Waals surface area contributed by atoms with E-state index in [1.165, 1.54) is 29.7 Å². The van der Waals surface area contributed by atoms with Gasteiger partial charge in [0.05, 0.1) is 0 Å². The number of thioether (sulfide) groups is 2. The quantitative estimate of drug-likeness (QED) is 0.815. The van der Waals surface area contributed by atoms with Crippen LogP contribution >= 0.6 is 23.5 Å². The molecular formula is C14H21NS2. The second-order valence-electron chi connectivity index (χ2n) is 4.60. The molecule has 3 heteroatoms. The summed E-state index contributed by atoms with van der Waals surface area (Å²) in [4.78, 5) is 1.34. The third kappa shape index (κ3) is 3.94. The normalized spacial score (nSPS) is 24.1. The average Bonchev–Trinajstić information content (AvgIpc) is 2.85. The molecule has 0 spiro atoms. The highest BCUT2D eigenvalue weighted by Crippen LogP contribution is 2.28. The Bertz CT molecular complexity index is 337. The summed E-state index contributed by atoms with van der Waals surface area (Å²) in [5, 5.41) is 4.56. The molecule has 17 heavy (non-hydrogen) atoms. The summed E-state index contributed by atoms with van der Waals surface area (Å²) in [6, 6.07) is 9.62. The Kier molecular flexibility index (Phi) is 5.26. The van der Waals surface area contributed by atoms with Gasteiger partial charge in [0.15, 0.2) is 0 Å². The van der Waals surface area contributed by atoms with E-state index >= 15 is 0 Å². The fraction of sp³-hybridized carbons (Fsp3) is 0.571. The van der Waals surface area contributed by atoms with E-state index < -0.39 is 0 Å². The third-order valence-electron chi connectivity index (χ3n) is 3.47. The zero-order chi connectivity index (χ0) is 12.1. The van der Waals surface area contributed by atoms with Crippen LogP contribution in [0.25, 0.3) is 0 Å². The van der Waals surface area contributed by atoms with Gasteiger partial charge in [-0.15, -0.1) is 11.8 Å². The Morgan fingerprint density at radius 3 is 2.53 bits per heavy atom. The molecule has 0 aromatic heterocycles. The van der Waals surface area contributed by atoms with Gasteiger partial charge in [-0.1, -0.05) is 12.1 Å². The summed E-state index contributed by atoms with van der Waals surface area (Å²) < 4.78 is 0. The first-order valence-corrected chi connectivity index (χ1v) is 8.72. The molecule has 0 saturated heterocycles. The molecule has 0 heterocycles. The van der Waals surface area contributed by atoms with Gasteiger partial charge in [-0.2, -0.15) is 11.8 Å². The monoisotopic (exact) mass is 267 g/mol. The van der Waals surface area contributed by atoms with Crippen molar-refractivity contribution in [1.82, 2.24) is 5.32 Å². The van der Waals surface area contributed by atoms with Crippen molar-refractivity contribution in [3.63, 3.8) is 0 Å². The maximum atomic E-state index is 3.68. The maximum Gasteiger partial charge on any atom is 0.0208 e. The SMILES string of the molecule is CSc1ccc(CNC2CCC(SC)C2)cc1. The van der Waals surface area contributed by atoms with Crippen molar-refractivity contribution in [2.75, 3.05) is 12.5 Å². The lowest BCUT2D eigenvalue weighted by atomic mass is 10.2. The molecular weight excluding hydrogens is 246 g/mol. The summed E-state index contributed by atoms with van der Waals surface area (Å²) >= 11 is 3.82. The standard InChI is InChI=1S/C14H21NS2/c1-16-13-6-3-11(4-7-13)10-15-12-5-8-14(9-12)17-2/h3-4,6-7,12,14-15H,5,8-10H2,1-2H3. The Labute approximate surface area is 113 Å². The van der Waals surface area contributed by atoms with Crippen LogP contribution in [0.5, 0.6) is 0 Å².